The Balaban J connectivity index is 1.41. The molecule has 0 N–H and O–H groups in total. The fourth-order valence-corrected chi connectivity index (χ4v) is 7.83. The van der Waals surface area contributed by atoms with Gasteiger partial charge in [0.15, 0.2) is 0 Å². The van der Waals surface area contributed by atoms with E-state index >= 15 is 0 Å². The van der Waals surface area contributed by atoms with E-state index in [0.29, 0.717) is 0 Å². The van der Waals surface area contributed by atoms with Gasteiger partial charge in [-0.2, -0.15) is 0 Å². The molecule has 0 aliphatic heterocycles. The van der Waals surface area contributed by atoms with Gasteiger partial charge in [0.05, 0.1) is 21.1 Å². The summed E-state index contributed by atoms with van der Waals surface area (Å²) in [6, 6.07) is 47.6. The molecule has 7 aromatic rings. The number of benzene rings is 4. The highest BCUT2D eigenvalue weighted by Crippen LogP contribution is 2.48. The van der Waals surface area contributed by atoms with Crippen LogP contribution in [0.3, 0.4) is 0 Å². The summed E-state index contributed by atoms with van der Waals surface area (Å²) in [6.07, 6.45) is 0. The van der Waals surface area contributed by atoms with Gasteiger partial charge in [0.2, 0.25) is 0 Å². The van der Waals surface area contributed by atoms with Crippen molar-refractivity contribution in [3.63, 3.8) is 0 Å². The molecule has 0 aliphatic carbocycles. The maximum absolute atomic E-state index is 2.38. The van der Waals surface area contributed by atoms with Gasteiger partial charge in [-0.05, 0) is 45.1 Å². The number of rotatable bonds is 6. The van der Waals surface area contributed by atoms with Crippen molar-refractivity contribution in [2.24, 2.45) is 7.05 Å². The highest BCUT2D eigenvalue weighted by Gasteiger charge is 2.23. The molecule has 0 radical (unpaired) electrons. The van der Waals surface area contributed by atoms with Gasteiger partial charge in [-0.15, -0.1) is 22.7 Å². The van der Waals surface area contributed by atoms with E-state index in [2.05, 4.69) is 156 Å². The lowest BCUT2D eigenvalue weighted by atomic mass is 9.96. The number of hydrogen-bond acceptors (Lipinski definition) is 2. The number of aromatic nitrogens is 1. The molecule has 0 aliphatic rings. The summed E-state index contributed by atoms with van der Waals surface area (Å²) in [6.45, 7) is 0. The second-order valence-corrected chi connectivity index (χ2v) is 11.6. The average molecular weight is 550 g/mol. The van der Waals surface area contributed by atoms with E-state index in [-0.39, 0.29) is 0 Å². The van der Waals surface area contributed by atoms with E-state index < -0.39 is 0 Å². The van der Waals surface area contributed by atoms with Crippen LogP contribution in [0, 0.1) is 0 Å². The quantitative estimate of drug-likeness (QED) is 0.194. The molecule has 40 heavy (non-hydrogen) atoms. The minimum atomic E-state index is 1.23. The zero-order chi connectivity index (χ0) is 26.9. The van der Waals surface area contributed by atoms with Gasteiger partial charge < -0.3 is 4.57 Å². The Hall–Kier alpha value is -4.44. The van der Waals surface area contributed by atoms with Gasteiger partial charge in [-0.1, -0.05) is 121 Å². The summed E-state index contributed by atoms with van der Waals surface area (Å²) in [5.74, 6) is 0. The lowest BCUT2D eigenvalue weighted by Gasteiger charge is -2.13. The van der Waals surface area contributed by atoms with Gasteiger partial charge in [0.25, 0.3) is 0 Å². The number of thiophene rings is 2. The lowest BCUT2D eigenvalue weighted by molar-refractivity contribution is 0.952. The first-order valence-corrected chi connectivity index (χ1v) is 15.2. The maximum Gasteiger partial charge on any atom is 0.0592 e. The standard InChI is InChI=1S/C37H27NS2/c1-38-32(36-34(28-18-10-4-11-19-28)30(24-39-36)26-14-6-2-7-15-26)22-23-33(38)37-35(29-20-12-5-13-21-29)31(25-40-37)27-16-8-3-9-17-27/h2-25H,1H3. The summed E-state index contributed by atoms with van der Waals surface area (Å²) < 4.78 is 2.38. The first-order valence-electron chi connectivity index (χ1n) is 13.4. The Morgan fingerprint density at radius 3 is 1.07 bits per heavy atom. The molecular formula is C37H27NS2. The second-order valence-electron chi connectivity index (χ2n) is 9.83. The van der Waals surface area contributed by atoms with Gasteiger partial charge in [0.1, 0.15) is 0 Å². The molecule has 3 heterocycles. The van der Waals surface area contributed by atoms with Crippen molar-refractivity contribution in [1.82, 2.24) is 4.57 Å². The Morgan fingerprint density at radius 2 is 0.725 bits per heavy atom. The van der Waals surface area contributed by atoms with E-state index in [1.165, 1.54) is 65.6 Å². The topological polar surface area (TPSA) is 4.93 Å². The van der Waals surface area contributed by atoms with E-state index in [4.69, 9.17) is 0 Å². The molecule has 0 saturated carbocycles. The summed E-state index contributed by atoms with van der Waals surface area (Å²) in [5.41, 5.74) is 12.6. The molecule has 0 atom stereocenters. The molecule has 192 valence electrons. The third kappa shape index (κ3) is 4.34. The van der Waals surface area contributed by atoms with Crippen molar-refractivity contribution < 1.29 is 0 Å². The fraction of sp³-hybridized carbons (Fsp3) is 0.0270. The molecule has 4 aromatic carbocycles. The molecule has 7 rings (SSSR count). The van der Waals surface area contributed by atoms with Gasteiger partial charge >= 0.3 is 0 Å². The predicted octanol–water partition coefficient (Wildman–Crippen LogP) is 11.2. The van der Waals surface area contributed by atoms with E-state index in [9.17, 15) is 0 Å². The molecule has 0 spiro atoms. The Bertz CT molecular complexity index is 1740. The van der Waals surface area contributed by atoms with Gasteiger partial charge in [0, 0.05) is 29.3 Å². The molecule has 3 heteroatoms. The van der Waals surface area contributed by atoms with E-state index in [1.807, 2.05) is 22.7 Å². The second kappa shape index (κ2) is 10.6. The average Bonchev–Trinajstić information content (AvgIpc) is 3.75. The lowest BCUT2D eigenvalue weighted by Crippen LogP contribution is -1.95. The number of hydrogen-bond donors (Lipinski definition) is 0. The van der Waals surface area contributed by atoms with Crippen LogP contribution in [0.4, 0.5) is 0 Å². The first kappa shape index (κ1) is 24.6. The molecule has 0 amide bonds. The smallest absolute Gasteiger partial charge is 0.0592 e. The van der Waals surface area contributed by atoms with Crippen LogP contribution in [-0.4, -0.2) is 4.57 Å². The maximum atomic E-state index is 2.38. The van der Waals surface area contributed by atoms with Crippen molar-refractivity contribution >= 4 is 22.7 Å². The zero-order valence-corrected chi connectivity index (χ0v) is 23.8. The van der Waals surface area contributed by atoms with Crippen LogP contribution in [0.2, 0.25) is 0 Å². The van der Waals surface area contributed by atoms with Crippen LogP contribution >= 0.6 is 22.7 Å². The molecule has 1 nitrogen and oxygen atoms in total. The van der Waals surface area contributed by atoms with Crippen molar-refractivity contribution in [3.05, 3.63) is 144 Å². The first-order chi connectivity index (χ1) is 19.8. The normalized spacial score (nSPS) is 11.1. The summed E-state index contributed by atoms with van der Waals surface area (Å²) >= 11 is 3.65. The minimum Gasteiger partial charge on any atom is -0.342 e. The van der Waals surface area contributed by atoms with E-state index in [1.54, 1.807) is 0 Å². The van der Waals surface area contributed by atoms with Crippen LogP contribution in [0.5, 0.6) is 0 Å². The highest BCUT2D eigenvalue weighted by molar-refractivity contribution is 7.15. The van der Waals surface area contributed by atoms with Crippen LogP contribution < -0.4 is 0 Å². The molecular weight excluding hydrogens is 523 g/mol. The minimum absolute atomic E-state index is 1.23. The summed E-state index contributed by atoms with van der Waals surface area (Å²) in [4.78, 5) is 2.58. The Morgan fingerprint density at radius 1 is 0.400 bits per heavy atom. The van der Waals surface area contributed by atoms with Crippen LogP contribution in [0.25, 0.3) is 65.6 Å². The Kier molecular flexibility index (Phi) is 6.52. The molecule has 0 saturated heterocycles. The molecule has 0 unspecified atom stereocenters. The summed E-state index contributed by atoms with van der Waals surface area (Å²) in [7, 11) is 2.21. The van der Waals surface area contributed by atoms with Crippen LogP contribution in [-0.2, 0) is 7.05 Å². The summed E-state index contributed by atoms with van der Waals surface area (Å²) in [5, 5.41) is 4.63. The molecule has 0 fully saturated rings. The zero-order valence-electron chi connectivity index (χ0n) is 22.1. The Labute approximate surface area is 243 Å². The highest BCUT2D eigenvalue weighted by atomic mass is 32.1. The third-order valence-electron chi connectivity index (χ3n) is 7.46. The predicted molar refractivity (Wildman–Crippen MR) is 174 cm³/mol. The fourth-order valence-electron chi connectivity index (χ4n) is 5.50. The largest absolute Gasteiger partial charge is 0.342 e. The molecule has 3 aromatic heterocycles. The SMILES string of the molecule is Cn1c(-c2scc(-c3ccccc3)c2-c2ccccc2)ccc1-c1scc(-c2ccccc2)c1-c1ccccc1. The van der Waals surface area contributed by atoms with Gasteiger partial charge in [-0.25, -0.2) is 0 Å². The van der Waals surface area contributed by atoms with Crippen molar-refractivity contribution in [2.75, 3.05) is 0 Å². The van der Waals surface area contributed by atoms with Crippen molar-refractivity contribution in [3.8, 4) is 65.6 Å². The van der Waals surface area contributed by atoms with Crippen LogP contribution in [0.1, 0.15) is 0 Å². The monoisotopic (exact) mass is 549 g/mol. The number of nitrogens with zero attached hydrogens (tertiary/aromatic N) is 1. The van der Waals surface area contributed by atoms with Crippen LogP contribution in [0.15, 0.2) is 144 Å². The third-order valence-corrected chi connectivity index (χ3v) is 9.47. The van der Waals surface area contributed by atoms with E-state index in [0.717, 1.165) is 0 Å². The molecule has 0 bridgehead atoms. The van der Waals surface area contributed by atoms with Crippen molar-refractivity contribution in [1.29, 1.82) is 0 Å². The van der Waals surface area contributed by atoms with Crippen molar-refractivity contribution in [2.45, 2.75) is 0 Å². The van der Waals surface area contributed by atoms with Gasteiger partial charge in [-0.3, -0.25) is 0 Å².